The molecule has 1 fully saturated rings. The normalized spacial score (nSPS) is 16.2. The number of alkyl halides is 3. The second-order valence-corrected chi connectivity index (χ2v) is 9.16. The second-order valence-electron chi connectivity index (χ2n) is 8.75. The van der Waals surface area contributed by atoms with Gasteiger partial charge in [0.1, 0.15) is 17.5 Å². The number of urea groups is 1. The number of benzene rings is 2. The quantitative estimate of drug-likeness (QED) is 0.510. The van der Waals surface area contributed by atoms with Gasteiger partial charge in [-0.3, -0.25) is 0 Å². The van der Waals surface area contributed by atoms with Gasteiger partial charge in [-0.25, -0.2) is 9.59 Å². The minimum atomic E-state index is -4.63. The molecule has 184 valence electrons. The third-order valence-electron chi connectivity index (χ3n) is 4.74. The zero-order valence-corrected chi connectivity index (χ0v) is 19.6. The molecule has 0 spiro atoms. The minimum Gasteiger partial charge on any atom is -0.489 e. The van der Waals surface area contributed by atoms with Crippen molar-refractivity contribution < 1.29 is 32.2 Å². The molecule has 7 nitrogen and oxygen atoms in total. The van der Waals surface area contributed by atoms with E-state index in [0.717, 1.165) is 12.1 Å². The number of carbonyl (C=O) groups excluding carboxylic acids is 2. The Hall–Kier alpha value is -3.14. The molecule has 1 atom stereocenters. The summed E-state index contributed by atoms with van der Waals surface area (Å²) in [6.07, 6.45) is -4.55. The molecule has 1 saturated heterocycles. The van der Waals surface area contributed by atoms with Crippen molar-refractivity contribution >= 4 is 35.1 Å². The molecule has 1 unspecified atom stereocenters. The summed E-state index contributed by atoms with van der Waals surface area (Å²) in [5.74, 6) is 0.550. The maximum absolute atomic E-state index is 13.0. The fourth-order valence-electron chi connectivity index (χ4n) is 3.24. The summed E-state index contributed by atoms with van der Waals surface area (Å²) in [5, 5.41) is 4.43. The molecule has 1 aliphatic heterocycles. The van der Waals surface area contributed by atoms with Crippen molar-refractivity contribution in [2.24, 2.45) is 0 Å². The smallest absolute Gasteiger partial charge is 0.417 e. The van der Waals surface area contributed by atoms with Crippen LogP contribution in [-0.4, -0.2) is 41.8 Å². The Balaban J connectivity index is 1.52. The molecular weight excluding hydrogens is 475 g/mol. The first kappa shape index (κ1) is 25.5. The number of ether oxygens (including phenoxy) is 2. The highest BCUT2D eigenvalue weighted by Crippen LogP contribution is 2.36. The molecule has 0 aromatic heterocycles. The molecule has 0 aliphatic carbocycles. The second kappa shape index (κ2) is 10.0. The summed E-state index contributed by atoms with van der Waals surface area (Å²) in [7, 11) is 0. The summed E-state index contributed by atoms with van der Waals surface area (Å²) in [6, 6.07) is 8.88. The Bertz CT molecular complexity index is 1040. The number of nitrogens with zero attached hydrogens (tertiary/aromatic N) is 1. The minimum absolute atomic E-state index is 0.0510. The first-order valence-electron chi connectivity index (χ1n) is 10.5. The van der Waals surface area contributed by atoms with Crippen LogP contribution in [0.15, 0.2) is 42.5 Å². The fourth-order valence-corrected chi connectivity index (χ4v) is 3.46. The number of anilines is 2. The van der Waals surface area contributed by atoms with E-state index in [1.165, 1.54) is 6.07 Å². The van der Waals surface area contributed by atoms with Crippen LogP contribution < -0.4 is 15.4 Å². The standard InChI is InChI=1S/C23H25ClF3N3O4/c1-22(2,3)34-21(32)30-11-10-17(13-30)33-16-7-4-14(5-8-16)28-20(31)29-15-6-9-19(24)18(12-15)23(25,26)27/h4-9,12,17H,10-11,13H2,1-3H3,(H2,28,29,31). The van der Waals surface area contributed by atoms with Crippen LogP contribution in [-0.2, 0) is 10.9 Å². The maximum Gasteiger partial charge on any atom is 0.417 e. The van der Waals surface area contributed by atoms with E-state index >= 15 is 0 Å². The number of nitrogens with one attached hydrogen (secondary N) is 2. The predicted molar refractivity (Wildman–Crippen MR) is 122 cm³/mol. The van der Waals surface area contributed by atoms with Crippen molar-refractivity contribution in [2.45, 2.75) is 45.1 Å². The Morgan fingerprint density at radius 1 is 1.03 bits per heavy atom. The Kier molecular flexibility index (Phi) is 7.50. The van der Waals surface area contributed by atoms with E-state index in [4.69, 9.17) is 21.1 Å². The highest BCUT2D eigenvalue weighted by molar-refractivity contribution is 6.31. The lowest BCUT2D eigenvalue weighted by Crippen LogP contribution is -2.36. The monoisotopic (exact) mass is 499 g/mol. The largest absolute Gasteiger partial charge is 0.489 e. The maximum atomic E-state index is 13.0. The molecule has 2 aromatic rings. The van der Waals surface area contributed by atoms with E-state index in [1.54, 1.807) is 49.9 Å². The molecule has 0 radical (unpaired) electrons. The molecule has 11 heteroatoms. The fraction of sp³-hybridized carbons (Fsp3) is 0.391. The number of rotatable bonds is 4. The van der Waals surface area contributed by atoms with E-state index in [9.17, 15) is 22.8 Å². The Morgan fingerprint density at radius 3 is 2.26 bits per heavy atom. The van der Waals surface area contributed by atoms with E-state index in [2.05, 4.69) is 10.6 Å². The van der Waals surface area contributed by atoms with Gasteiger partial charge >= 0.3 is 18.3 Å². The number of hydrogen-bond donors (Lipinski definition) is 2. The number of likely N-dealkylation sites (tertiary alicyclic amines) is 1. The summed E-state index contributed by atoms with van der Waals surface area (Å²) in [6.45, 7) is 6.35. The Labute approximate surface area is 200 Å². The third kappa shape index (κ3) is 7.18. The molecule has 0 saturated carbocycles. The van der Waals surface area contributed by atoms with E-state index in [-0.39, 0.29) is 17.9 Å². The van der Waals surface area contributed by atoms with Crippen LogP contribution in [0.1, 0.15) is 32.8 Å². The van der Waals surface area contributed by atoms with E-state index < -0.39 is 28.4 Å². The lowest BCUT2D eigenvalue weighted by Gasteiger charge is -2.24. The first-order chi connectivity index (χ1) is 15.8. The van der Waals surface area contributed by atoms with Crippen LogP contribution in [0.2, 0.25) is 5.02 Å². The van der Waals surface area contributed by atoms with Crippen LogP contribution in [0.5, 0.6) is 5.75 Å². The molecule has 1 heterocycles. The highest BCUT2D eigenvalue weighted by atomic mass is 35.5. The van der Waals surface area contributed by atoms with Crippen molar-refractivity contribution in [2.75, 3.05) is 23.7 Å². The lowest BCUT2D eigenvalue weighted by atomic mass is 10.2. The molecule has 2 N–H and O–H groups in total. The predicted octanol–water partition coefficient (Wildman–Crippen LogP) is 6.39. The van der Waals surface area contributed by atoms with Gasteiger partial charge in [0.15, 0.2) is 0 Å². The summed E-state index contributed by atoms with van der Waals surface area (Å²) in [5.41, 5.74) is -1.24. The van der Waals surface area contributed by atoms with Crippen molar-refractivity contribution in [3.8, 4) is 5.75 Å². The van der Waals surface area contributed by atoms with Crippen molar-refractivity contribution in [3.63, 3.8) is 0 Å². The third-order valence-corrected chi connectivity index (χ3v) is 5.07. The van der Waals surface area contributed by atoms with Crippen LogP contribution in [0.4, 0.5) is 34.1 Å². The SMILES string of the molecule is CC(C)(C)OC(=O)N1CCC(Oc2ccc(NC(=O)Nc3ccc(Cl)c(C(F)(F)F)c3)cc2)C1. The van der Waals surface area contributed by atoms with Crippen LogP contribution in [0.25, 0.3) is 0 Å². The first-order valence-corrected chi connectivity index (χ1v) is 10.9. The van der Waals surface area contributed by atoms with Gasteiger partial charge in [0.05, 0.1) is 17.1 Å². The number of hydrogen-bond acceptors (Lipinski definition) is 4. The van der Waals surface area contributed by atoms with Crippen LogP contribution in [0, 0.1) is 0 Å². The average Bonchev–Trinajstić information content (AvgIpc) is 3.17. The molecule has 1 aliphatic rings. The molecular formula is C23H25ClF3N3O4. The van der Waals surface area contributed by atoms with Gasteiger partial charge in [-0.15, -0.1) is 0 Å². The van der Waals surface area contributed by atoms with Gasteiger partial charge in [-0.1, -0.05) is 11.6 Å². The number of amides is 3. The topological polar surface area (TPSA) is 79.9 Å². The molecule has 2 aromatic carbocycles. The van der Waals surface area contributed by atoms with Crippen LogP contribution >= 0.6 is 11.6 Å². The molecule has 3 rings (SSSR count). The van der Waals surface area contributed by atoms with Gasteiger partial charge in [-0.05, 0) is 63.2 Å². The van der Waals surface area contributed by atoms with Gasteiger partial charge in [0.2, 0.25) is 0 Å². The van der Waals surface area contributed by atoms with E-state index in [0.29, 0.717) is 30.9 Å². The Morgan fingerprint density at radius 2 is 1.65 bits per heavy atom. The summed E-state index contributed by atoms with van der Waals surface area (Å²) < 4.78 is 50.2. The van der Waals surface area contributed by atoms with Gasteiger partial charge in [0.25, 0.3) is 0 Å². The summed E-state index contributed by atoms with van der Waals surface area (Å²) in [4.78, 5) is 25.9. The molecule has 34 heavy (non-hydrogen) atoms. The van der Waals surface area contributed by atoms with Crippen LogP contribution in [0.3, 0.4) is 0 Å². The van der Waals surface area contributed by atoms with Gasteiger partial charge < -0.3 is 25.0 Å². The average molecular weight is 500 g/mol. The van der Waals surface area contributed by atoms with Crippen molar-refractivity contribution in [1.29, 1.82) is 0 Å². The molecule has 3 amide bonds. The number of halogens is 4. The summed E-state index contributed by atoms with van der Waals surface area (Å²) >= 11 is 5.59. The van der Waals surface area contributed by atoms with Gasteiger partial charge in [-0.2, -0.15) is 13.2 Å². The van der Waals surface area contributed by atoms with E-state index in [1.807, 2.05) is 0 Å². The lowest BCUT2D eigenvalue weighted by molar-refractivity contribution is -0.137. The van der Waals surface area contributed by atoms with Crippen molar-refractivity contribution in [1.82, 2.24) is 4.90 Å². The zero-order valence-electron chi connectivity index (χ0n) is 18.8. The molecule has 0 bridgehead atoms. The number of carbonyl (C=O) groups is 2. The zero-order chi connectivity index (χ0) is 25.1. The highest BCUT2D eigenvalue weighted by Gasteiger charge is 2.33. The van der Waals surface area contributed by atoms with Crippen molar-refractivity contribution in [3.05, 3.63) is 53.1 Å². The van der Waals surface area contributed by atoms with Gasteiger partial charge in [0, 0.05) is 24.3 Å².